The highest BCUT2D eigenvalue weighted by molar-refractivity contribution is 5.64. The average molecular weight is 240 g/mol. The molecule has 2 aromatic carbocycles. The molecule has 0 atom stereocenters. The van der Waals surface area contributed by atoms with Crippen molar-refractivity contribution in [3.05, 3.63) is 53.6 Å². The van der Waals surface area contributed by atoms with Crippen molar-refractivity contribution in [2.24, 2.45) is 0 Å². The highest BCUT2D eigenvalue weighted by Gasteiger charge is 2.22. The molecule has 2 aromatic rings. The molecule has 0 spiro atoms. The first kappa shape index (κ1) is 11.0. The van der Waals surface area contributed by atoms with Crippen LogP contribution in [0.5, 0.6) is 5.75 Å². The van der Waals surface area contributed by atoms with Crippen LogP contribution in [-0.2, 0) is 13.1 Å². The highest BCUT2D eigenvalue weighted by atomic mass is 16.5. The third kappa shape index (κ3) is 1.68. The molecule has 3 rings (SSSR count). The van der Waals surface area contributed by atoms with Crippen molar-refractivity contribution in [3.63, 3.8) is 0 Å². The van der Waals surface area contributed by atoms with E-state index in [9.17, 15) is 0 Å². The molecule has 0 aliphatic carbocycles. The summed E-state index contributed by atoms with van der Waals surface area (Å²) < 4.78 is 5.41. The zero-order valence-corrected chi connectivity index (χ0v) is 10.4. The van der Waals surface area contributed by atoms with Crippen molar-refractivity contribution in [2.45, 2.75) is 13.1 Å². The Kier molecular flexibility index (Phi) is 2.59. The average Bonchev–Trinajstić information content (AvgIpc) is 2.84. The second-order valence-corrected chi connectivity index (χ2v) is 4.51. The number of hydrogen-bond acceptors (Lipinski definition) is 3. The minimum Gasteiger partial charge on any atom is -0.495 e. The summed E-state index contributed by atoms with van der Waals surface area (Å²) in [6.45, 7) is 1.74. The molecule has 0 amide bonds. The summed E-state index contributed by atoms with van der Waals surface area (Å²) >= 11 is 0. The highest BCUT2D eigenvalue weighted by Crippen LogP contribution is 2.36. The minimum absolute atomic E-state index is 0.850. The van der Waals surface area contributed by atoms with Gasteiger partial charge in [0.1, 0.15) is 5.75 Å². The van der Waals surface area contributed by atoms with Gasteiger partial charge in [0, 0.05) is 18.8 Å². The largest absolute Gasteiger partial charge is 0.495 e. The number of nitrogen functional groups attached to an aromatic ring is 1. The van der Waals surface area contributed by atoms with E-state index in [2.05, 4.69) is 17.0 Å². The molecule has 1 aliphatic rings. The van der Waals surface area contributed by atoms with Crippen LogP contribution < -0.4 is 15.4 Å². The molecule has 0 saturated heterocycles. The second-order valence-electron chi connectivity index (χ2n) is 4.51. The van der Waals surface area contributed by atoms with Crippen LogP contribution in [0, 0.1) is 0 Å². The van der Waals surface area contributed by atoms with Crippen LogP contribution in [0.2, 0.25) is 0 Å². The Labute approximate surface area is 107 Å². The first-order valence-corrected chi connectivity index (χ1v) is 6.04. The van der Waals surface area contributed by atoms with Crippen molar-refractivity contribution in [1.29, 1.82) is 0 Å². The maximum absolute atomic E-state index is 6.02. The van der Waals surface area contributed by atoms with Crippen molar-refractivity contribution >= 4 is 11.4 Å². The Hall–Kier alpha value is -2.16. The van der Waals surface area contributed by atoms with Gasteiger partial charge < -0.3 is 15.4 Å². The van der Waals surface area contributed by atoms with Gasteiger partial charge in [0.25, 0.3) is 0 Å². The molecule has 3 nitrogen and oxygen atoms in total. The van der Waals surface area contributed by atoms with E-state index in [1.807, 2.05) is 30.3 Å². The number of hydrogen-bond donors (Lipinski definition) is 1. The Morgan fingerprint density at radius 3 is 2.67 bits per heavy atom. The van der Waals surface area contributed by atoms with Crippen molar-refractivity contribution in [3.8, 4) is 5.75 Å². The monoisotopic (exact) mass is 240 g/mol. The van der Waals surface area contributed by atoms with Gasteiger partial charge in [-0.1, -0.05) is 24.3 Å². The molecule has 1 heterocycles. The molecule has 18 heavy (non-hydrogen) atoms. The van der Waals surface area contributed by atoms with E-state index in [0.29, 0.717) is 0 Å². The molecule has 0 radical (unpaired) electrons. The van der Waals surface area contributed by atoms with Crippen molar-refractivity contribution in [2.75, 3.05) is 17.7 Å². The Morgan fingerprint density at radius 2 is 1.89 bits per heavy atom. The predicted octanol–water partition coefficient (Wildman–Crippen LogP) is 2.80. The molecule has 92 valence electrons. The fraction of sp³-hybridized carbons (Fsp3) is 0.200. The molecule has 3 heteroatoms. The maximum Gasteiger partial charge on any atom is 0.142 e. The fourth-order valence-corrected chi connectivity index (χ4v) is 2.51. The van der Waals surface area contributed by atoms with E-state index in [-0.39, 0.29) is 0 Å². The van der Waals surface area contributed by atoms with Crippen LogP contribution in [0.15, 0.2) is 42.5 Å². The lowest BCUT2D eigenvalue weighted by molar-refractivity contribution is 0.414. The Balaban J connectivity index is 1.96. The topological polar surface area (TPSA) is 38.5 Å². The van der Waals surface area contributed by atoms with Crippen LogP contribution in [-0.4, -0.2) is 7.11 Å². The predicted molar refractivity (Wildman–Crippen MR) is 73.7 cm³/mol. The molecular weight excluding hydrogens is 224 g/mol. The number of rotatable bonds is 2. The first-order valence-electron chi connectivity index (χ1n) is 6.04. The quantitative estimate of drug-likeness (QED) is 0.820. The number of methoxy groups -OCH3 is 1. The summed E-state index contributed by atoms with van der Waals surface area (Å²) in [5.74, 6) is 0.906. The van der Waals surface area contributed by atoms with Gasteiger partial charge in [-0.2, -0.15) is 0 Å². The fourth-order valence-electron chi connectivity index (χ4n) is 2.51. The number of nitrogens with two attached hydrogens (primary N) is 1. The van der Waals surface area contributed by atoms with Gasteiger partial charge >= 0.3 is 0 Å². The zero-order valence-electron chi connectivity index (χ0n) is 10.4. The number of benzene rings is 2. The molecule has 0 unspecified atom stereocenters. The summed E-state index contributed by atoms with van der Waals surface area (Å²) in [6.07, 6.45) is 0. The SMILES string of the molecule is COc1ccccc1N1Cc2cccc(N)c2C1. The van der Waals surface area contributed by atoms with E-state index < -0.39 is 0 Å². The third-order valence-corrected chi connectivity index (χ3v) is 3.45. The smallest absolute Gasteiger partial charge is 0.142 e. The number of fused-ring (bicyclic) bond motifs is 1. The summed E-state index contributed by atoms with van der Waals surface area (Å²) in [7, 11) is 1.70. The lowest BCUT2D eigenvalue weighted by Crippen LogP contribution is -2.15. The van der Waals surface area contributed by atoms with Crippen LogP contribution >= 0.6 is 0 Å². The number of para-hydroxylation sites is 2. The molecule has 2 N–H and O–H groups in total. The second kappa shape index (κ2) is 4.26. The van der Waals surface area contributed by atoms with E-state index >= 15 is 0 Å². The summed E-state index contributed by atoms with van der Waals surface area (Å²) in [5.41, 5.74) is 10.6. The van der Waals surface area contributed by atoms with Gasteiger partial charge in [0.05, 0.1) is 12.8 Å². The Bertz CT molecular complexity index is 580. The molecule has 0 saturated carbocycles. The molecule has 0 aromatic heterocycles. The Morgan fingerprint density at radius 1 is 1.06 bits per heavy atom. The number of nitrogens with zero attached hydrogens (tertiary/aromatic N) is 1. The lowest BCUT2D eigenvalue weighted by Gasteiger charge is -2.20. The number of ether oxygens (including phenoxy) is 1. The molecule has 0 bridgehead atoms. The van der Waals surface area contributed by atoms with Gasteiger partial charge in [0.2, 0.25) is 0 Å². The van der Waals surface area contributed by atoms with Gasteiger partial charge in [0.15, 0.2) is 0 Å². The van der Waals surface area contributed by atoms with Crippen molar-refractivity contribution in [1.82, 2.24) is 0 Å². The van der Waals surface area contributed by atoms with Crippen LogP contribution in [0.25, 0.3) is 0 Å². The van der Waals surface area contributed by atoms with Crippen LogP contribution in [0.4, 0.5) is 11.4 Å². The maximum atomic E-state index is 6.02. The number of anilines is 2. The standard InChI is InChI=1S/C15H16N2O/c1-18-15-8-3-2-7-14(15)17-9-11-5-4-6-13(16)12(11)10-17/h2-8H,9-10,16H2,1H3. The molecule has 1 aliphatic heterocycles. The molecular formula is C15H16N2O. The van der Waals surface area contributed by atoms with Gasteiger partial charge in [-0.25, -0.2) is 0 Å². The first-order chi connectivity index (χ1) is 8.79. The van der Waals surface area contributed by atoms with E-state index in [1.54, 1.807) is 7.11 Å². The van der Waals surface area contributed by atoms with Gasteiger partial charge in [-0.15, -0.1) is 0 Å². The van der Waals surface area contributed by atoms with E-state index in [0.717, 1.165) is 30.2 Å². The van der Waals surface area contributed by atoms with Crippen molar-refractivity contribution < 1.29 is 4.74 Å². The van der Waals surface area contributed by atoms with Gasteiger partial charge in [-0.05, 0) is 29.3 Å². The lowest BCUT2D eigenvalue weighted by atomic mass is 10.1. The minimum atomic E-state index is 0.850. The van der Waals surface area contributed by atoms with E-state index in [4.69, 9.17) is 10.5 Å². The normalized spacial score (nSPS) is 13.5. The molecule has 0 fully saturated rings. The van der Waals surface area contributed by atoms with Crippen LogP contribution in [0.1, 0.15) is 11.1 Å². The summed E-state index contributed by atoms with van der Waals surface area (Å²) in [4.78, 5) is 2.29. The van der Waals surface area contributed by atoms with Crippen LogP contribution in [0.3, 0.4) is 0 Å². The van der Waals surface area contributed by atoms with Gasteiger partial charge in [-0.3, -0.25) is 0 Å². The summed E-state index contributed by atoms with van der Waals surface area (Å²) in [6, 6.07) is 14.2. The third-order valence-electron chi connectivity index (χ3n) is 3.45. The van der Waals surface area contributed by atoms with E-state index in [1.165, 1.54) is 11.1 Å². The zero-order chi connectivity index (χ0) is 12.5. The summed E-state index contributed by atoms with van der Waals surface area (Å²) in [5, 5.41) is 0.